The summed E-state index contributed by atoms with van der Waals surface area (Å²) in [4.78, 5) is 31.6. The van der Waals surface area contributed by atoms with Crippen molar-refractivity contribution in [2.75, 3.05) is 0 Å². The second-order valence-corrected chi connectivity index (χ2v) is 30.2. The molecule has 0 saturated heterocycles. The Hall–Kier alpha value is -15.9. The predicted molar refractivity (Wildman–Crippen MR) is 486 cm³/mol. The molecule has 0 fully saturated rings. The molecule has 23 rings (SSSR count). The summed E-state index contributed by atoms with van der Waals surface area (Å²) in [6.07, 6.45) is 0. The lowest BCUT2D eigenvalue weighted by atomic mass is 9.83. The summed E-state index contributed by atoms with van der Waals surface area (Å²) >= 11 is 0. The monoisotopic (exact) mass is 1500 g/mol. The molecule has 23 aromatic rings. The lowest BCUT2D eigenvalue weighted by Gasteiger charge is -2.20. The van der Waals surface area contributed by atoms with E-state index in [4.69, 9.17) is 38.7 Å². The Morgan fingerprint density at radius 1 is 0.144 bits per heavy atom. The van der Waals surface area contributed by atoms with Crippen LogP contribution in [-0.4, -0.2) is 29.9 Å². The normalized spacial score (nSPS) is 11.7. The van der Waals surface area contributed by atoms with E-state index in [1.807, 2.05) is 97.1 Å². The molecule has 0 saturated carbocycles. The smallest absolute Gasteiger partial charge is 0.167 e. The number of rotatable bonds is 13. The highest BCUT2D eigenvalue weighted by Gasteiger charge is 2.26. The average Bonchev–Trinajstić information content (AvgIpc) is 0.941. The van der Waals surface area contributed by atoms with Crippen molar-refractivity contribution in [2.24, 2.45) is 0 Å². The first-order valence-corrected chi connectivity index (χ1v) is 39.9. The standard InChI is InChI=1S/C110H66N6O2/c1-5-28-67(29-6-1)75-61-76(71-36-25-37-72(60-71)78-56-58-92(81-40-15-13-38-79(78)81)107-111-105(69-32-9-3-10-33-69)113-109(115-107)94-50-26-48-90-87-45-21-23-52-100(87)117-103(90)94)63-77(62-75)98-66-97(85-44-19-20-47-89(85)102(98)68-30-7-2-8-31-68)73-54-55-74-65-99(84-43-18-17-42-83(84)96(74)64-73)86-57-59-93(82-41-16-14-39-80(82)86)108-112-106(70-34-11-4-12-35-70)114-110(116-108)95-51-27-49-91-88-46-22-24-53-101(88)118-104(91)95/h1-66H. The molecule has 0 aliphatic heterocycles. The molecule has 4 aromatic heterocycles. The Labute approximate surface area is 678 Å². The molecule has 8 nitrogen and oxygen atoms in total. The van der Waals surface area contributed by atoms with Gasteiger partial charge in [0.1, 0.15) is 22.3 Å². The third-order valence-corrected chi connectivity index (χ3v) is 23.4. The number of fused-ring (bicyclic) bond motifs is 12. The Bertz CT molecular complexity index is 8000. The number of furan rings is 2. The number of nitrogens with zero attached hydrogens (tertiary/aromatic N) is 6. The lowest BCUT2D eigenvalue weighted by Crippen LogP contribution is -2.01. The molecule has 0 aliphatic rings. The van der Waals surface area contributed by atoms with E-state index in [-0.39, 0.29) is 0 Å². The van der Waals surface area contributed by atoms with Crippen molar-refractivity contribution in [3.05, 3.63) is 400 Å². The van der Waals surface area contributed by atoms with E-state index in [2.05, 4.69) is 303 Å². The summed E-state index contributed by atoms with van der Waals surface area (Å²) < 4.78 is 13.2. The zero-order chi connectivity index (χ0) is 77.7. The maximum atomic E-state index is 6.60. The highest BCUT2D eigenvalue weighted by molar-refractivity contribution is 6.20. The first kappa shape index (κ1) is 67.8. The highest BCUT2D eigenvalue weighted by atomic mass is 16.3. The second kappa shape index (κ2) is 28.0. The molecule has 4 heterocycles. The Morgan fingerprint density at radius 3 is 1.05 bits per heavy atom. The van der Waals surface area contributed by atoms with E-state index in [0.29, 0.717) is 34.9 Å². The Morgan fingerprint density at radius 2 is 0.500 bits per heavy atom. The second-order valence-electron chi connectivity index (χ2n) is 30.2. The Kier molecular flexibility index (Phi) is 16.1. The first-order chi connectivity index (χ1) is 58.5. The maximum Gasteiger partial charge on any atom is 0.167 e. The van der Waals surface area contributed by atoms with Crippen molar-refractivity contribution >= 4 is 97.7 Å². The molecule has 548 valence electrons. The van der Waals surface area contributed by atoms with Crippen LogP contribution in [0.3, 0.4) is 0 Å². The minimum atomic E-state index is 0.538. The van der Waals surface area contributed by atoms with Crippen molar-refractivity contribution < 1.29 is 8.83 Å². The first-order valence-electron chi connectivity index (χ1n) is 39.9. The van der Waals surface area contributed by atoms with Crippen molar-refractivity contribution in [3.63, 3.8) is 0 Å². The summed E-state index contributed by atoms with van der Waals surface area (Å²) in [7, 11) is 0. The molecule has 0 amide bonds. The average molecular weight is 1500 g/mol. The molecular formula is C110H66N6O2. The van der Waals surface area contributed by atoms with Gasteiger partial charge in [-0.2, -0.15) is 0 Å². The molecule has 0 unspecified atom stereocenters. The van der Waals surface area contributed by atoms with Crippen LogP contribution >= 0.6 is 0 Å². The predicted octanol–water partition coefficient (Wildman–Crippen LogP) is 29.3. The van der Waals surface area contributed by atoms with Gasteiger partial charge < -0.3 is 8.83 Å². The van der Waals surface area contributed by atoms with Crippen molar-refractivity contribution in [3.8, 4) is 146 Å². The fourth-order valence-electron chi connectivity index (χ4n) is 17.9. The highest BCUT2D eigenvalue weighted by Crippen LogP contribution is 2.49. The van der Waals surface area contributed by atoms with Gasteiger partial charge in [-0.15, -0.1) is 0 Å². The quantitative estimate of drug-likeness (QED) is 0.105. The minimum absolute atomic E-state index is 0.538. The van der Waals surface area contributed by atoms with Crippen LogP contribution in [0.25, 0.3) is 244 Å². The van der Waals surface area contributed by atoms with Crippen LogP contribution in [0, 0.1) is 0 Å². The third-order valence-electron chi connectivity index (χ3n) is 23.4. The summed E-state index contributed by atoms with van der Waals surface area (Å²) in [6, 6.07) is 143. The van der Waals surface area contributed by atoms with Crippen LogP contribution in [0.4, 0.5) is 0 Å². The number of hydrogen-bond acceptors (Lipinski definition) is 8. The van der Waals surface area contributed by atoms with Crippen LogP contribution in [0.15, 0.2) is 409 Å². The van der Waals surface area contributed by atoms with Gasteiger partial charge in [0.15, 0.2) is 34.9 Å². The molecule has 118 heavy (non-hydrogen) atoms. The summed E-state index contributed by atoms with van der Waals surface area (Å²) in [5.74, 6) is 3.39. The van der Waals surface area contributed by atoms with E-state index < -0.39 is 0 Å². The van der Waals surface area contributed by atoms with Crippen molar-refractivity contribution in [2.45, 2.75) is 0 Å². The zero-order valence-corrected chi connectivity index (χ0v) is 63.6. The van der Waals surface area contributed by atoms with Crippen LogP contribution in [0.2, 0.25) is 0 Å². The van der Waals surface area contributed by atoms with Gasteiger partial charge in [0.25, 0.3) is 0 Å². The number of benzene rings is 19. The molecule has 0 radical (unpaired) electrons. The molecule has 19 aromatic carbocycles. The maximum absolute atomic E-state index is 6.60. The lowest BCUT2D eigenvalue weighted by molar-refractivity contribution is 0.669. The van der Waals surface area contributed by atoms with Crippen molar-refractivity contribution in [1.82, 2.24) is 29.9 Å². The van der Waals surface area contributed by atoms with Gasteiger partial charge in [-0.05, 0) is 211 Å². The van der Waals surface area contributed by atoms with Gasteiger partial charge in [-0.25, -0.2) is 29.9 Å². The molecule has 0 bridgehead atoms. The third kappa shape index (κ3) is 11.6. The number of hydrogen-bond donors (Lipinski definition) is 0. The SMILES string of the molecule is c1ccc(-c2cc(-c3cccc(-c4ccc(-c5nc(-c6ccccc6)nc(-c6cccc7c6oc6ccccc67)n5)c5ccccc45)c3)cc(-c3cc(-c4ccc5cc(-c6ccc(-c7nc(-c8ccccc8)nc(-c8cccc9c8oc8ccccc89)n7)c7ccccc67)c6ccccc6c5c4)c4ccccc4c3-c3ccccc3)c2)cc1. The molecular weight excluding hydrogens is 1440 g/mol. The number of aromatic nitrogens is 6. The molecule has 0 atom stereocenters. The van der Waals surface area contributed by atoms with Crippen LogP contribution in [0.1, 0.15) is 0 Å². The van der Waals surface area contributed by atoms with E-state index in [1.54, 1.807) is 0 Å². The fourth-order valence-corrected chi connectivity index (χ4v) is 17.9. The van der Waals surface area contributed by atoms with Gasteiger partial charge in [0, 0.05) is 43.8 Å². The molecule has 0 spiro atoms. The minimum Gasteiger partial charge on any atom is -0.455 e. The van der Waals surface area contributed by atoms with Gasteiger partial charge in [-0.1, -0.05) is 322 Å². The van der Waals surface area contributed by atoms with Crippen LogP contribution in [0.5, 0.6) is 0 Å². The van der Waals surface area contributed by atoms with Gasteiger partial charge in [0.05, 0.1) is 11.1 Å². The van der Waals surface area contributed by atoms with E-state index in [0.717, 1.165) is 182 Å². The summed E-state index contributed by atoms with van der Waals surface area (Å²) in [5.41, 5.74) is 24.0. The molecule has 0 N–H and O–H groups in total. The summed E-state index contributed by atoms with van der Waals surface area (Å²) in [6.45, 7) is 0. The van der Waals surface area contributed by atoms with E-state index in [1.165, 1.54) is 27.1 Å². The van der Waals surface area contributed by atoms with Crippen molar-refractivity contribution in [1.29, 1.82) is 0 Å². The fraction of sp³-hybridized carbons (Fsp3) is 0. The van der Waals surface area contributed by atoms with Crippen LogP contribution in [-0.2, 0) is 0 Å². The largest absolute Gasteiger partial charge is 0.455 e. The van der Waals surface area contributed by atoms with Gasteiger partial charge in [-0.3, -0.25) is 0 Å². The topological polar surface area (TPSA) is 104 Å². The number of para-hydroxylation sites is 4. The zero-order valence-electron chi connectivity index (χ0n) is 63.6. The Balaban J connectivity index is 0.648. The molecule has 8 heteroatoms. The van der Waals surface area contributed by atoms with E-state index >= 15 is 0 Å². The van der Waals surface area contributed by atoms with Gasteiger partial charge in [0.2, 0.25) is 0 Å². The van der Waals surface area contributed by atoms with Crippen LogP contribution < -0.4 is 0 Å². The van der Waals surface area contributed by atoms with E-state index in [9.17, 15) is 0 Å². The molecule has 0 aliphatic carbocycles. The van der Waals surface area contributed by atoms with Gasteiger partial charge >= 0.3 is 0 Å². The summed E-state index contributed by atoms with van der Waals surface area (Å²) in [5, 5.41) is 15.3.